The zero-order valence-corrected chi connectivity index (χ0v) is 24.3. The van der Waals surface area contributed by atoms with Crippen molar-refractivity contribution in [2.75, 3.05) is 6.61 Å². The summed E-state index contributed by atoms with van der Waals surface area (Å²) in [4.78, 5) is 52.9. The van der Waals surface area contributed by atoms with E-state index >= 15 is 0 Å². The first-order valence-electron chi connectivity index (χ1n) is 14.3. The Morgan fingerprint density at radius 2 is 0.891 bits per heavy atom. The molecule has 1 fully saturated rings. The predicted octanol–water partition coefficient (Wildman–Crippen LogP) is 3.60. The molecule has 0 radical (unpaired) electrons. The van der Waals surface area contributed by atoms with Crippen molar-refractivity contribution in [3.63, 3.8) is 0 Å². The second-order valence-corrected chi connectivity index (χ2v) is 10.2. The number of carbonyl (C=O) groups excluding carboxylic acids is 4. The maximum atomic E-state index is 13.4. The highest BCUT2D eigenvalue weighted by Crippen LogP contribution is 2.32. The molecule has 11 heteroatoms. The number of benzene rings is 4. The van der Waals surface area contributed by atoms with Crippen LogP contribution < -0.4 is 0 Å². The van der Waals surface area contributed by atoms with Crippen LogP contribution in [0.2, 0.25) is 0 Å². The average Bonchev–Trinajstić information content (AvgIpc) is 3.11. The van der Waals surface area contributed by atoms with Crippen molar-refractivity contribution in [1.82, 2.24) is 0 Å². The summed E-state index contributed by atoms with van der Waals surface area (Å²) in [6.45, 7) is -0.844. The summed E-state index contributed by atoms with van der Waals surface area (Å²) < 4.78 is 28.6. The van der Waals surface area contributed by atoms with Crippen molar-refractivity contribution in [2.45, 2.75) is 36.8 Å². The molecule has 0 spiro atoms. The van der Waals surface area contributed by atoms with E-state index in [-0.39, 0.29) is 22.3 Å². The van der Waals surface area contributed by atoms with E-state index in [1.807, 2.05) is 0 Å². The molecule has 0 saturated carbocycles. The number of hydrogen-bond donors (Lipinski definition) is 2. The van der Waals surface area contributed by atoms with E-state index in [0.717, 1.165) is 0 Å². The summed E-state index contributed by atoms with van der Waals surface area (Å²) >= 11 is 0. The largest absolute Gasteiger partial charge is 0.453 e. The molecule has 5 rings (SSSR count). The van der Waals surface area contributed by atoms with E-state index in [1.54, 1.807) is 72.8 Å². The summed E-state index contributed by atoms with van der Waals surface area (Å²) in [5.41, 5.74) is 0.486. The van der Waals surface area contributed by atoms with Crippen LogP contribution in [0.3, 0.4) is 0 Å². The number of ether oxygens (including phenoxy) is 5. The molecular weight excluding hydrogens is 596 g/mol. The highest BCUT2D eigenvalue weighted by atomic mass is 16.7. The van der Waals surface area contributed by atoms with Gasteiger partial charge in [0.2, 0.25) is 0 Å². The third-order valence-electron chi connectivity index (χ3n) is 7.12. The van der Waals surface area contributed by atoms with Gasteiger partial charge in [-0.1, -0.05) is 72.8 Å². The van der Waals surface area contributed by atoms with Gasteiger partial charge in [-0.2, -0.15) is 0 Å². The molecule has 1 saturated heterocycles. The van der Waals surface area contributed by atoms with Gasteiger partial charge >= 0.3 is 23.9 Å². The minimum Gasteiger partial charge on any atom is -0.453 e. The zero-order valence-electron chi connectivity index (χ0n) is 24.3. The summed E-state index contributed by atoms with van der Waals surface area (Å²) in [6, 6.07) is 31.4. The van der Waals surface area contributed by atoms with Gasteiger partial charge in [0.15, 0.2) is 30.7 Å². The monoisotopic (exact) mass is 626 g/mol. The Labute approximate surface area is 263 Å². The third kappa shape index (κ3) is 7.64. The van der Waals surface area contributed by atoms with E-state index in [2.05, 4.69) is 0 Å². The second-order valence-electron chi connectivity index (χ2n) is 10.2. The van der Waals surface area contributed by atoms with Gasteiger partial charge in [-0.3, -0.25) is 0 Å². The van der Waals surface area contributed by atoms with Crippen LogP contribution in [0.5, 0.6) is 0 Å². The molecule has 1 heterocycles. The van der Waals surface area contributed by atoms with Gasteiger partial charge < -0.3 is 33.9 Å². The Hall–Kier alpha value is -5.36. The predicted molar refractivity (Wildman–Crippen MR) is 161 cm³/mol. The first-order chi connectivity index (χ1) is 22.4. The average molecular weight is 627 g/mol. The van der Waals surface area contributed by atoms with Crippen LogP contribution in [-0.4, -0.2) is 77.5 Å². The Bertz CT molecular complexity index is 1610. The number of aliphatic hydroxyl groups excluding tert-OH is 2. The Balaban J connectivity index is 1.53. The number of aliphatic hydroxyl groups is 2. The van der Waals surface area contributed by atoms with Gasteiger partial charge in [-0.05, 0) is 48.5 Å². The van der Waals surface area contributed by atoms with Crippen molar-refractivity contribution in [2.24, 2.45) is 0 Å². The molecule has 1 aliphatic heterocycles. The molecule has 1 aliphatic rings. The minimum absolute atomic E-state index is 0.107. The van der Waals surface area contributed by atoms with Crippen LogP contribution in [0.25, 0.3) is 0 Å². The molecule has 0 unspecified atom stereocenters. The van der Waals surface area contributed by atoms with Crippen molar-refractivity contribution >= 4 is 23.9 Å². The minimum atomic E-state index is -1.98. The first kappa shape index (κ1) is 32.0. The van der Waals surface area contributed by atoms with Crippen LogP contribution in [0.1, 0.15) is 41.4 Å². The van der Waals surface area contributed by atoms with Crippen molar-refractivity contribution in [3.8, 4) is 0 Å². The molecular formula is C35H30O11. The highest BCUT2D eigenvalue weighted by molar-refractivity contribution is 5.91. The lowest BCUT2D eigenvalue weighted by molar-refractivity contribution is -0.295. The van der Waals surface area contributed by atoms with Gasteiger partial charge in [-0.25, -0.2) is 19.2 Å². The maximum absolute atomic E-state index is 13.4. The zero-order chi connectivity index (χ0) is 32.5. The lowest BCUT2D eigenvalue weighted by Crippen LogP contribution is -2.65. The standard InChI is InChI=1S/C35H30O11/c36-21-26(42-31(37)22-13-5-1-6-14-22)27-28(44-32(38)23-15-7-2-8-16-23)29(45-33(39)24-17-9-3-10-18-24)30(35(41)43-27)46-34(40)25-19-11-4-12-20-25/h1-20,26-30,35-36,41H,21H2/t26-,27-,28-,29+,30+,35+/m1/s1. The van der Waals surface area contributed by atoms with Gasteiger partial charge in [0, 0.05) is 0 Å². The van der Waals surface area contributed by atoms with Crippen LogP contribution in [0, 0.1) is 0 Å². The maximum Gasteiger partial charge on any atom is 0.338 e. The van der Waals surface area contributed by atoms with E-state index < -0.39 is 67.3 Å². The number of esters is 4. The molecule has 236 valence electrons. The van der Waals surface area contributed by atoms with E-state index in [9.17, 15) is 29.4 Å². The fourth-order valence-corrected chi connectivity index (χ4v) is 4.83. The van der Waals surface area contributed by atoms with Gasteiger partial charge in [0.1, 0.15) is 6.10 Å². The molecule has 0 aromatic heterocycles. The lowest BCUT2D eigenvalue weighted by Gasteiger charge is -2.44. The fraction of sp³-hybridized carbons (Fsp3) is 0.200. The number of rotatable bonds is 10. The van der Waals surface area contributed by atoms with Gasteiger partial charge in [0.25, 0.3) is 0 Å². The Morgan fingerprint density at radius 1 is 0.543 bits per heavy atom. The van der Waals surface area contributed by atoms with Crippen LogP contribution in [-0.2, 0) is 23.7 Å². The summed E-state index contributed by atoms with van der Waals surface area (Å²) in [7, 11) is 0. The van der Waals surface area contributed by atoms with Crippen LogP contribution >= 0.6 is 0 Å². The van der Waals surface area contributed by atoms with Gasteiger partial charge in [-0.15, -0.1) is 0 Å². The van der Waals surface area contributed by atoms with Crippen LogP contribution in [0.15, 0.2) is 121 Å². The quantitative estimate of drug-likeness (QED) is 0.196. The molecule has 11 nitrogen and oxygen atoms in total. The third-order valence-corrected chi connectivity index (χ3v) is 7.12. The summed E-state index contributed by atoms with van der Waals surface area (Å²) in [5, 5.41) is 21.6. The molecule has 4 aromatic carbocycles. The number of hydrogen-bond acceptors (Lipinski definition) is 11. The Kier molecular flexibility index (Phi) is 10.5. The van der Waals surface area contributed by atoms with Crippen molar-refractivity contribution in [3.05, 3.63) is 144 Å². The molecule has 0 aliphatic carbocycles. The lowest BCUT2D eigenvalue weighted by atomic mass is 9.94. The molecule has 2 N–H and O–H groups in total. The highest BCUT2D eigenvalue weighted by Gasteiger charge is 2.55. The molecule has 6 atom stereocenters. The second kappa shape index (κ2) is 15.1. The number of carbonyl (C=O) groups is 4. The molecule has 0 amide bonds. The van der Waals surface area contributed by atoms with E-state index in [0.29, 0.717) is 0 Å². The summed E-state index contributed by atoms with van der Waals surface area (Å²) in [6.07, 6.45) is -10.2. The Morgan fingerprint density at radius 3 is 1.28 bits per heavy atom. The normalized spacial score (nSPS) is 21.3. The van der Waals surface area contributed by atoms with E-state index in [1.165, 1.54) is 48.5 Å². The molecule has 0 bridgehead atoms. The smallest absolute Gasteiger partial charge is 0.338 e. The van der Waals surface area contributed by atoms with Gasteiger partial charge in [0.05, 0.1) is 28.9 Å². The molecule has 46 heavy (non-hydrogen) atoms. The molecule has 4 aromatic rings. The first-order valence-corrected chi connectivity index (χ1v) is 14.3. The topological polar surface area (TPSA) is 155 Å². The van der Waals surface area contributed by atoms with Crippen molar-refractivity contribution in [1.29, 1.82) is 0 Å². The van der Waals surface area contributed by atoms with Crippen LogP contribution in [0.4, 0.5) is 0 Å². The van der Waals surface area contributed by atoms with Crippen molar-refractivity contribution < 1.29 is 53.1 Å². The fourth-order valence-electron chi connectivity index (χ4n) is 4.83. The SMILES string of the molecule is O=C(O[C@H]1[C@H](OC(=O)c2ccccc2)[C@@H]([C@@H](CO)OC(=O)c2ccccc2)O[C@H](O)[C@H]1OC(=O)c1ccccc1)c1ccccc1. The van der Waals surface area contributed by atoms with E-state index in [4.69, 9.17) is 23.7 Å². The summed E-state index contributed by atoms with van der Waals surface area (Å²) in [5.74, 6) is -3.53.